The Morgan fingerprint density at radius 3 is 2.26 bits per heavy atom. The fourth-order valence-corrected chi connectivity index (χ4v) is 2.85. The topological polar surface area (TPSA) is 169 Å². The zero-order chi connectivity index (χ0) is 19.3. The van der Waals surface area contributed by atoms with Crippen LogP contribution in [0.5, 0.6) is 0 Å². The quantitative estimate of drug-likeness (QED) is 0.109. The second-order valence-corrected chi connectivity index (χ2v) is 6.84. The number of rotatable bonds is 7. The van der Waals surface area contributed by atoms with E-state index in [4.69, 9.17) is 4.74 Å². The van der Waals surface area contributed by atoms with E-state index < -0.39 is 47.5 Å². The van der Waals surface area contributed by atoms with Gasteiger partial charge in [-0.15, -0.1) is 0 Å². The van der Waals surface area contributed by atoms with Crippen molar-refractivity contribution in [3.8, 4) is 0 Å². The molecule has 1 saturated heterocycles. The van der Waals surface area contributed by atoms with Gasteiger partial charge < -0.3 is 29.7 Å². The molecule has 1 aliphatic rings. The van der Waals surface area contributed by atoms with Crippen molar-refractivity contribution in [1.29, 1.82) is 0 Å². The van der Waals surface area contributed by atoms with Crippen LogP contribution < -0.4 is 51.4 Å². The summed E-state index contributed by atoms with van der Waals surface area (Å²) in [6.45, 7) is -0.599. The SMILES string of the molecule is O=S(=O)([O-])O/N=C(/Cc1ccccc1)C[C@@H]1O[C@H](CO)[C@@H](O)[C@H](O)[C@H]1O.[K+]. The van der Waals surface area contributed by atoms with Gasteiger partial charge in [0.2, 0.25) is 0 Å². The Labute approximate surface area is 199 Å². The predicted octanol–water partition coefficient (Wildman–Crippen LogP) is -4.70. The third-order valence-electron chi connectivity index (χ3n) is 3.94. The average Bonchev–Trinajstić information content (AvgIpc) is 2.60. The first kappa shape index (κ1) is 25.1. The summed E-state index contributed by atoms with van der Waals surface area (Å²) in [5, 5.41) is 42.2. The first-order chi connectivity index (χ1) is 12.2. The fourth-order valence-electron chi connectivity index (χ4n) is 2.65. The summed E-state index contributed by atoms with van der Waals surface area (Å²) < 4.78 is 41.3. The molecule has 4 N–H and O–H groups in total. The molecule has 146 valence electrons. The van der Waals surface area contributed by atoms with E-state index in [1.54, 1.807) is 30.3 Å². The summed E-state index contributed by atoms with van der Waals surface area (Å²) in [4.78, 5) is 0. The number of aliphatic hydroxyl groups excluding tert-OH is 4. The van der Waals surface area contributed by atoms with Crippen LogP contribution in [-0.2, 0) is 25.8 Å². The van der Waals surface area contributed by atoms with Crippen LogP contribution >= 0.6 is 0 Å². The van der Waals surface area contributed by atoms with E-state index in [2.05, 4.69) is 9.44 Å². The smallest absolute Gasteiger partial charge is 0.714 e. The van der Waals surface area contributed by atoms with Crippen molar-refractivity contribution < 1.29 is 93.8 Å². The number of benzene rings is 1. The second kappa shape index (κ2) is 11.3. The first-order valence-corrected chi connectivity index (χ1v) is 9.09. The molecule has 10 nitrogen and oxygen atoms in total. The molecule has 1 aromatic rings. The van der Waals surface area contributed by atoms with Crippen molar-refractivity contribution in [3.63, 3.8) is 0 Å². The van der Waals surface area contributed by atoms with E-state index in [9.17, 15) is 33.4 Å². The Kier molecular flexibility index (Phi) is 10.5. The van der Waals surface area contributed by atoms with Crippen LogP contribution in [0.25, 0.3) is 0 Å². The molecule has 1 fully saturated rings. The molecular weight excluding hydrogens is 409 g/mol. The van der Waals surface area contributed by atoms with Crippen LogP contribution in [0, 0.1) is 0 Å². The van der Waals surface area contributed by atoms with Gasteiger partial charge in [0.15, 0.2) is 0 Å². The minimum absolute atomic E-state index is 0. The Balaban J connectivity index is 0.00000364. The molecule has 0 radical (unpaired) electrons. The summed E-state index contributed by atoms with van der Waals surface area (Å²) >= 11 is 0. The predicted molar refractivity (Wildman–Crippen MR) is 86.7 cm³/mol. The maximum Gasteiger partial charge on any atom is 1.00 e. The Morgan fingerprint density at radius 1 is 1.11 bits per heavy atom. The van der Waals surface area contributed by atoms with Crippen LogP contribution in [0.2, 0.25) is 0 Å². The van der Waals surface area contributed by atoms with Crippen molar-refractivity contribution in [3.05, 3.63) is 35.9 Å². The van der Waals surface area contributed by atoms with Crippen molar-refractivity contribution in [2.24, 2.45) is 5.16 Å². The minimum Gasteiger partial charge on any atom is -0.714 e. The van der Waals surface area contributed by atoms with Crippen molar-refractivity contribution in [2.75, 3.05) is 6.61 Å². The molecule has 1 aromatic carbocycles. The molecule has 0 saturated carbocycles. The van der Waals surface area contributed by atoms with Crippen molar-refractivity contribution >= 4 is 16.1 Å². The average molecular weight is 429 g/mol. The maximum atomic E-state index is 10.7. The molecule has 0 unspecified atom stereocenters. The van der Waals surface area contributed by atoms with E-state index >= 15 is 0 Å². The minimum atomic E-state index is -5.07. The van der Waals surface area contributed by atoms with E-state index in [0.29, 0.717) is 0 Å². The van der Waals surface area contributed by atoms with Gasteiger partial charge in [-0.1, -0.05) is 35.5 Å². The van der Waals surface area contributed by atoms with Gasteiger partial charge in [0.25, 0.3) is 10.4 Å². The molecule has 0 amide bonds. The molecule has 12 heteroatoms. The Hall–Kier alpha value is 0.0364. The monoisotopic (exact) mass is 429 g/mol. The zero-order valence-corrected chi connectivity index (χ0v) is 18.5. The Bertz CT molecular complexity index is 713. The number of nitrogens with zero attached hydrogens (tertiary/aromatic N) is 1. The van der Waals surface area contributed by atoms with Gasteiger partial charge in [-0.25, -0.2) is 0 Å². The van der Waals surface area contributed by atoms with Crippen molar-refractivity contribution in [2.45, 2.75) is 43.4 Å². The summed E-state index contributed by atoms with van der Waals surface area (Å²) in [6.07, 6.45) is -6.94. The van der Waals surface area contributed by atoms with Gasteiger partial charge in [0.05, 0.1) is 18.4 Å². The van der Waals surface area contributed by atoms with Crippen molar-refractivity contribution in [1.82, 2.24) is 0 Å². The van der Waals surface area contributed by atoms with Gasteiger partial charge in [0, 0.05) is 12.8 Å². The molecular formula is C15H20KNO9S. The first-order valence-electron chi connectivity index (χ1n) is 7.76. The third kappa shape index (κ3) is 7.76. The number of aliphatic hydroxyl groups is 4. The van der Waals surface area contributed by atoms with Gasteiger partial charge in [0.1, 0.15) is 24.4 Å². The zero-order valence-electron chi connectivity index (χ0n) is 14.6. The van der Waals surface area contributed by atoms with Crippen LogP contribution in [0.15, 0.2) is 35.5 Å². The molecule has 5 atom stereocenters. The normalized spacial score (nSPS) is 29.1. The molecule has 27 heavy (non-hydrogen) atoms. The molecule has 1 aliphatic heterocycles. The van der Waals surface area contributed by atoms with Crippen LogP contribution in [0.3, 0.4) is 0 Å². The van der Waals surface area contributed by atoms with Crippen LogP contribution in [-0.4, -0.2) is 76.2 Å². The summed E-state index contributed by atoms with van der Waals surface area (Å²) in [6, 6.07) is 8.72. The van der Waals surface area contributed by atoms with Gasteiger partial charge in [-0.2, -0.15) is 8.42 Å². The third-order valence-corrected chi connectivity index (χ3v) is 4.19. The summed E-state index contributed by atoms with van der Waals surface area (Å²) in [5.41, 5.74) is 0.780. The molecule has 0 spiro atoms. The Morgan fingerprint density at radius 2 is 1.70 bits per heavy atom. The number of hydrogen-bond donors (Lipinski definition) is 4. The molecule has 0 aromatic heterocycles. The molecule has 0 bridgehead atoms. The molecule has 2 rings (SSSR count). The fraction of sp³-hybridized carbons (Fsp3) is 0.533. The van der Waals surface area contributed by atoms with E-state index in [1.165, 1.54) is 0 Å². The van der Waals surface area contributed by atoms with Crippen LogP contribution in [0.4, 0.5) is 0 Å². The second-order valence-electron chi connectivity index (χ2n) is 5.87. The van der Waals surface area contributed by atoms with Gasteiger partial charge in [-0.05, 0) is 5.56 Å². The van der Waals surface area contributed by atoms with Gasteiger partial charge >= 0.3 is 51.4 Å². The standard InChI is InChI=1S/C15H21NO9S.K/c17-8-12-14(19)15(20)13(18)11(24-12)7-10(16-25-26(21,22)23)6-9-4-2-1-3-5-9;/h1-5,11-15,17-20H,6-8H2,(H,21,22,23);/q;+1/p-1/b16-10-;/t11-,12+,13-,14+,15+;/m0./s1. The van der Waals surface area contributed by atoms with E-state index in [0.717, 1.165) is 5.56 Å². The van der Waals surface area contributed by atoms with Gasteiger partial charge in [-0.3, -0.25) is 4.28 Å². The number of hydrogen-bond acceptors (Lipinski definition) is 10. The van der Waals surface area contributed by atoms with Crippen LogP contribution in [0.1, 0.15) is 12.0 Å². The molecule has 0 aliphatic carbocycles. The number of oxime groups is 1. The van der Waals surface area contributed by atoms with E-state index in [1.807, 2.05) is 0 Å². The maximum absolute atomic E-state index is 10.7. The summed E-state index contributed by atoms with van der Waals surface area (Å²) in [5.74, 6) is 0. The van der Waals surface area contributed by atoms with E-state index in [-0.39, 0.29) is 69.9 Å². The summed E-state index contributed by atoms with van der Waals surface area (Å²) in [7, 11) is -5.07. The molecule has 1 heterocycles. The largest absolute Gasteiger partial charge is 1.00 e. The number of ether oxygens (including phenoxy) is 1.